The topological polar surface area (TPSA) is 54.8 Å². The number of carbonyl (C=O) groups is 1. The molecule has 2 bridgehead atoms. The molecule has 2 aromatic rings. The zero-order chi connectivity index (χ0) is 21.1. The zero-order valence-corrected chi connectivity index (χ0v) is 17.0. The molecule has 3 saturated carbocycles. The van der Waals surface area contributed by atoms with E-state index >= 15 is 0 Å². The van der Waals surface area contributed by atoms with Gasteiger partial charge in [-0.1, -0.05) is 6.07 Å². The van der Waals surface area contributed by atoms with Gasteiger partial charge in [0.25, 0.3) is 0 Å². The Labute approximate surface area is 173 Å². The van der Waals surface area contributed by atoms with Crippen LogP contribution in [-0.2, 0) is 4.79 Å². The third kappa shape index (κ3) is 2.90. The largest absolute Gasteiger partial charge is 0.477 e. The highest BCUT2D eigenvalue weighted by atomic mass is 19.1. The van der Waals surface area contributed by atoms with Crippen molar-refractivity contribution in [2.45, 2.75) is 45.6 Å². The van der Waals surface area contributed by atoms with E-state index in [0.717, 1.165) is 24.8 Å². The summed E-state index contributed by atoms with van der Waals surface area (Å²) >= 11 is 0. The molecule has 2 heterocycles. The number of halogens is 2. The molecular weight excluding hydrogens is 388 g/mol. The Morgan fingerprint density at radius 3 is 2.53 bits per heavy atom. The summed E-state index contributed by atoms with van der Waals surface area (Å²) in [5.41, 5.74) is 1.10. The summed E-state index contributed by atoms with van der Waals surface area (Å²) in [6, 6.07) is 5.97. The minimum absolute atomic E-state index is 0.0139. The Hall–Kier alpha value is -2.83. The van der Waals surface area contributed by atoms with Gasteiger partial charge in [-0.05, 0) is 56.4 Å². The van der Waals surface area contributed by atoms with Crippen molar-refractivity contribution in [3.8, 4) is 5.88 Å². The number of aromatic nitrogens is 1. The van der Waals surface area contributed by atoms with Crippen LogP contribution in [-0.4, -0.2) is 28.7 Å². The normalized spacial score (nSPS) is 28.8. The molecule has 7 heteroatoms. The third-order valence-corrected chi connectivity index (χ3v) is 6.73. The minimum Gasteiger partial charge on any atom is -0.477 e. The van der Waals surface area contributed by atoms with Crippen LogP contribution in [0.3, 0.4) is 0 Å². The van der Waals surface area contributed by atoms with Crippen LogP contribution in [0.15, 0.2) is 35.6 Å². The molecule has 3 fully saturated rings. The molecule has 0 unspecified atom stereocenters. The average Bonchev–Trinajstić information content (AvgIpc) is 3.14. The van der Waals surface area contributed by atoms with E-state index in [-0.39, 0.29) is 16.9 Å². The molecule has 1 aliphatic heterocycles. The van der Waals surface area contributed by atoms with E-state index in [1.54, 1.807) is 12.4 Å². The first-order chi connectivity index (χ1) is 14.3. The van der Waals surface area contributed by atoms with E-state index in [2.05, 4.69) is 10.1 Å². The van der Waals surface area contributed by atoms with Gasteiger partial charge in [0, 0.05) is 35.9 Å². The number of pyridine rings is 1. The lowest BCUT2D eigenvalue weighted by Crippen LogP contribution is -2.69. The van der Waals surface area contributed by atoms with Gasteiger partial charge in [0.05, 0.1) is 18.1 Å². The first kappa shape index (κ1) is 19.2. The second-order valence-electron chi connectivity index (χ2n) is 9.08. The van der Waals surface area contributed by atoms with Crippen LogP contribution in [0, 0.1) is 36.3 Å². The van der Waals surface area contributed by atoms with Crippen LogP contribution in [0.25, 0.3) is 0 Å². The highest BCUT2D eigenvalue weighted by Crippen LogP contribution is 2.74. The summed E-state index contributed by atoms with van der Waals surface area (Å²) in [4.78, 5) is 17.5. The van der Waals surface area contributed by atoms with Crippen molar-refractivity contribution in [1.29, 1.82) is 0 Å². The van der Waals surface area contributed by atoms with Crippen molar-refractivity contribution < 1.29 is 18.3 Å². The molecule has 4 aliphatic rings. The molecule has 0 saturated heterocycles. The number of amides is 1. The number of benzene rings is 1. The number of ether oxygens (including phenoxy) is 1. The highest BCUT2D eigenvalue weighted by molar-refractivity contribution is 5.88. The SMILES string of the molecule is Cc1ccc(OCC23CC(C(=O)N4N=CC[C@@H]4c4cc(F)c(C)c(F)c4)(C2)C3)nc1. The summed E-state index contributed by atoms with van der Waals surface area (Å²) in [7, 11) is 0. The molecule has 1 atom stereocenters. The van der Waals surface area contributed by atoms with Crippen molar-refractivity contribution in [1.82, 2.24) is 9.99 Å². The number of nitrogens with zero attached hydrogens (tertiary/aromatic N) is 3. The van der Waals surface area contributed by atoms with Gasteiger partial charge in [-0.3, -0.25) is 4.79 Å². The molecule has 30 heavy (non-hydrogen) atoms. The van der Waals surface area contributed by atoms with Gasteiger partial charge in [-0.2, -0.15) is 5.10 Å². The predicted octanol–water partition coefficient (Wildman–Crippen LogP) is 4.49. The van der Waals surface area contributed by atoms with Gasteiger partial charge >= 0.3 is 0 Å². The van der Waals surface area contributed by atoms with Gasteiger partial charge in [-0.25, -0.2) is 18.8 Å². The monoisotopic (exact) mass is 411 g/mol. The Kier molecular flexibility index (Phi) is 4.21. The Balaban J connectivity index is 1.24. The zero-order valence-electron chi connectivity index (χ0n) is 17.0. The van der Waals surface area contributed by atoms with Gasteiger partial charge in [0.15, 0.2) is 0 Å². The fourth-order valence-electron chi connectivity index (χ4n) is 5.13. The third-order valence-electron chi connectivity index (χ3n) is 6.73. The van der Waals surface area contributed by atoms with Gasteiger partial charge in [0.1, 0.15) is 11.6 Å². The first-order valence-corrected chi connectivity index (χ1v) is 10.2. The molecule has 1 aromatic carbocycles. The Bertz CT molecular complexity index is 1010. The van der Waals surface area contributed by atoms with Crippen LogP contribution in [0.2, 0.25) is 0 Å². The number of hydrazone groups is 1. The Morgan fingerprint density at radius 2 is 1.90 bits per heavy atom. The molecule has 1 amide bonds. The molecular formula is C23H23F2N3O2. The number of hydrogen-bond donors (Lipinski definition) is 0. The maximum Gasteiger partial charge on any atom is 0.249 e. The molecule has 156 valence electrons. The van der Waals surface area contributed by atoms with E-state index in [9.17, 15) is 13.6 Å². The summed E-state index contributed by atoms with van der Waals surface area (Å²) in [5.74, 6) is -0.664. The summed E-state index contributed by atoms with van der Waals surface area (Å²) in [6.07, 6.45) is 6.12. The standard InChI is InChI=1S/C23H23F2N3O2/c1-14-3-4-20(26-9-14)30-13-22-10-23(11-22,12-22)21(29)28-19(5-6-27-28)16-7-17(24)15(2)18(25)8-16/h3-4,6-9,19H,5,10-13H2,1-2H3/t19-,22?,23?/m1/s1. The molecule has 0 N–H and O–H groups in total. The molecule has 5 nitrogen and oxygen atoms in total. The van der Waals surface area contributed by atoms with E-state index in [1.165, 1.54) is 24.1 Å². The minimum atomic E-state index is -0.601. The van der Waals surface area contributed by atoms with Crippen molar-refractivity contribution in [2.24, 2.45) is 15.9 Å². The maximum absolute atomic E-state index is 14.0. The lowest BCUT2D eigenvalue weighted by molar-refractivity contribution is -0.227. The van der Waals surface area contributed by atoms with Gasteiger partial charge < -0.3 is 4.74 Å². The highest BCUT2D eigenvalue weighted by Gasteiger charge is 2.73. The summed E-state index contributed by atoms with van der Waals surface area (Å²) < 4.78 is 33.9. The lowest BCUT2D eigenvalue weighted by Gasteiger charge is -2.69. The number of rotatable bonds is 5. The van der Waals surface area contributed by atoms with E-state index in [1.807, 2.05) is 19.1 Å². The van der Waals surface area contributed by atoms with E-state index in [0.29, 0.717) is 24.5 Å². The molecule has 3 aliphatic carbocycles. The fourth-order valence-corrected chi connectivity index (χ4v) is 5.13. The second kappa shape index (κ2) is 6.59. The molecule has 0 radical (unpaired) electrons. The van der Waals surface area contributed by atoms with Crippen LogP contribution in [0.4, 0.5) is 8.78 Å². The van der Waals surface area contributed by atoms with Crippen molar-refractivity contribution in [2.75, 3.05) is 6.61 Å². The van der Waals surface area contributed by atoms with E-state index in [4.69, 9.17) is 4.74 Å². The molecule has 0 spiro atoms. The van der Waals surface area contributed by atoms with Gasteiger partial charge in [-0.15, -0.1) is 0 Å². The van der Waals surface area contributed by atoms with Crippen LogP contribution in [0.5, 0.6) is 5.88 Å². The van der Waals surface area contributed by atoms with Crippen LogP contribution >= 0.6 is 0 Å². The molecule has 6 rings (SSSR count). The number of aryl methyl sites for hydroxylation is 1. The number of hydrogen-bond acceptors (Lipinski definition) is 4. The predicted molar refractivity (Wildman–Crippen MR) is 107 cm³/mol. The summed E-state index contributed by atoms with van der Waals surface area (Å²) in [6.45, 7) is 3.91. The first-order valence-electron chi connectivity index (χ1n) is 10.2. The van der Waals surface area contributed by atoms with Gasteiger partial charge in [0.2, 0.25) is 11.8 Å². The maximum atomic E-state index is 14.0. The average molecular weight is 411 g/mol. The lowest BCUT2D eigenvalue weighted by atomic mass is 9.35. The van der Waals surface area contributed by atoms with E-state index < -0.39 is 23.1 Å². The summed E-state index contributed by atoms with van der Waals surface area (Å²) in [5, 5.41) is 5.67. The Morgan fingerprint density at radius 1 is 1.20 bits per heavy atom. The number of carbonyl (C=O) groups excluding carboxylic acids is 1. The van der Waals surface area contributed by atoms with Crippen molar-refractivity contribution in [3.63, 3.8) is 0 Å². The van der Waals surface area contributed by atoms with Crippen LogP contribution in [0.1, 0.15) is 48.4 Å². The smallest absolute Gasteiger partial charge is 0.249 e. The quantitative estimate of drug-likeness (QED) is 0.729. The van der Waals surface area contributed by atoms with Crippen molar-refractivity contribution in [3.05, 3.63) is 58.8 Å². The second-order valence-corrected chi connectivity index (χ2v) is 9.08. The fraction of sp³-hybridized carbons (Fsp3) is 0.435. The van der Waals surface area contributed by atoms with Crippen LogP contribution < -0.4 is 4.74 Å². The molecule has 1 aromatic heterocycles. The van der Waals surface area contributed by atoms with Crippen molar-refractivity contribution >= 4 is 12.1 Å².